The molecular weight excluding hydrogens is 288 g/mol. The fourth-order valence-electron chi connectivity index (χ4n) is 2.63. The molecule has 0 aromatic heterocycles. The lowest BCUT2D eigenvalue weighted by Crippen LogP contribution is -2.32. The van der Waals surface area contributed by atoms with E-state index in [1.54, 1.807) is 4.90 Å². The smallest absolute Gasteiger partial charge is 0.241 e. The van der Waals surface area contributed by atoms with Crippen molar-refractivity contribution in [1.82, 2.24) is 10.2 Å². The first-order chi connectivity index (χ1) is 9.78. The third-order valence-corrected chi connectivity index (χ3v) is 4.68. The number of rotatable bonds is 5. The van der Waals surface area contributed by atoms with Crippen molar-refractivity contribution in [3.63, 3.8) is 0 Å². The molecule has 1 aliphatic heterocycles. The van der Waals surface area contributed by atoms with Gasteiger partial charge in [0, 0.05) is 12.8 Å². The Balaban J connectivity index is 2.13. The molecule has 1 N–H and O–H groups in total. The summed E-state index contributed by atoms with van der Waals surface area (Å²) in [4.78, 5) is 14.0. The quantitative estimate of drug-likeness (QED) is 0.889. The maximum atomic E-state index is 12.2. The third-order valence-electron chi connectivity index (χ3n) is 3.65. The third kappa shape index (κ3) is 4.04. The molecule has 1 saturated heterocycles. The highest BCUT2D eigenvalue weighted by molar-refractivity contribution is 7.90. The summed E-state index contributed by atoms with van der Waals surface area (Å²) in [5.74, 6) is 0.126. The van der Waals surface area contributed by atoms with Gasteiger partial charge in [0.15, 0.2) is 0 Å². The van der Waals surface area contributed by atoms with Gasteiger partial charge in [-0.2, -0.15) is 0 Å². The van der Waals surface area contributed by atoms with E-state index in [0.717, 1.165) is 11.1 Å². The van der Waals surface area contributed by atoms with E-state index >= 15 is 0 Å². The molecule has 1 aromatic rings. The van der Waals surface area contributed by atoms with Crippen molar-refractivity contribution in [3.8, 4) is 0 Å². The molecule has 1 amide bonds. The van der Waals surface area contributed by atoms with Crippen LogP contribution < -0.4 is 5.32 Å². The average molecular weight is 310 g/mol. The summed E-state index contributed by atoms with van der Waals surface area (Å²) in [5.41, 5.74) is 2.17. The molecular formula is C15H22N2O3S. The van der Waals surface area contributed by atoms with Crippen LogP contribution in [0.25, 0.3) is 0 Å². The van der Waals surface area contributed by atoms with E-state index in [4.69, 9.17) is 0 Å². The van der Waals surface area contributed by atoms with Crippen LogP contribution in [0.3, 0.4) is 0 Å². The van der Waals surface area contributed by atoms with E-state index in [1.165, 1.54) is 6.26 Å². The van der Waals surface area contributed by atoms with Gasteiger partial charge in [0.05, 0.1) is 11.8 Å². The predicted molar refractivity (Wildman–Crippen MR) is 82.6 cm³/mol. The van der Waals surface area contributed by atoms with E-state index in [-0.39, 0.29) is 23.9 Å². The minimum atomic E-state index is -2.99. The van der Waals surface area contributed by atoms with Crippen LogP contribution in [-0.2, 0) is 14.6 Å². The van der Waals surface area contributed by atoms with Gasteiger partial charge in [0.25, 0.3) is 0 Å². The number of benzene rings is 1. The van der Waals surface area contributed by atoms with E-state index in [9.17, 15) is 13.2 Å². The fourth-order valence-corrected chi connectivity index (χ4v) is 3.28. The molecule has 0 aliphatic carbocycles. The van der Waals surface area contributed by atoms with Gasteiger partial charge in [0.2, 0.25) is 5.91 Å². The molecule has 1 aliphatic rings. The van der Waals surface area contributed by atoms with Crippen molar-refractivity contribution in [1.29, 1.82) is 0 Å². The molecule has 2 atom stereocenters. The van der Waals surface area contributed by atoms with Gasteiger partial charge in [0.1, 0.15) is 16.0 Å². The lowest BCUT2D eigenvalue weighted by Gasteiger charge is -2.24. The second kappa shape index (κ2) is 6.15. The number of nitrogens with zero attached hydrogens (tertiary/aromatic N) is 1. The Bertz CT molecular complexity index is 628. The average Bonchev–Trinajstić information content (AvgIpc) is 2.65. The van der Waals surface area contributed by atoms with Crippen molar-refractivity contribution >= 4 is 15.7 Å². The lowest BCUT2D eigenvalue weighted by atomic mass is 10.1. The number of carbonyl (C=O) groups excluding carboxylic acids is 1. The van der Waals surface area contributed by atoms with Crippen LogP contribution in [0.5, 0.6) is 0 Å². The molecule has 1 aromatic carbocycles. The maximum Gasteiger partial charge on any atom is 0.241 e. The van der Waals surface area contributed by atoms with Crippen LogP contribution >= 0.6 is 0 Å². The van der Waals surface area contributed by atoms with Gasteiger partial charge in [-0.1, -0.05) is 29.8 Å². The number of amides is 1. The molecule has 0 saturated carbocycles. The van der Waals surface area contributed by atoms with Gasteiger partial charge >= 0.3 is 0 Å². The Hall–Kier alpha value is -1.40. The van der Waals surface area contributed by atoms with Crippen LogP contribution in [0.2, 0.25) is 0 Å². The Morgan fingerprint density at radius 3 is 2.67 bits per heavy atom. The summed E-state index contributed by atoms with van der Waals surface area (Å²) in [6, 6.07) is 7.77. The van der Waals surface area contributed by atoms with Crippen LogP contribution in [0.1, 0.15) is 30.6 Å². The highest BCUT2D eigenvalue weighted by Gasteiger charge is 2.36. The Morgan fingerprint density at radius 1 is 1.33 bits per heavy atom. The van der Waals surface area contributed by atoms with Crippen molar-refractivity contribution in [2.45, 2.75) is 32.5 Å². The number of aryl methyl sites for hydroxylation is 1. The second-order valence-electron chi connectivity index (χ2n) is 5.72. The van der Waals surface area contributed by atoms with E-state index in [1.807, 2.05) is 38.1 Å². The van der Waals surface area contributed by atoms with Gasteiger partial charge in [-0.25, -0.2) is 8.42 Å². The molecule has 2 unspecified atom stereocenters. The lowest BCUT2D eigenvalue weighted by molar-refractivity contribution is -0.129. The first kappa shape index (κ1) is 16.0. The summed E-state index contributed by atoms with van der Waals surface area (Å²) in [6.07, 6.45) is 1.51. The minimum Gasteiger partial charge on any atom is -0.322 e. The molecule has 116 valence electrons. The number of hydrogen-bond donors (Lipinski definition) is 1. The number of carbonyl (C=O) groups is 1. The molecule has 0 spiro atoms. The summed E-state index contributed by atoms with van der Waals surface area (Å²) in [7, 11) is -2.99. The largest absolute Gasteiger partial charge is 0.322 e. The van der Waals surface area contributed by atoms with E-state index in [2.05, 4.69) is 5.32 Å². The van der Waals surface area contributed by atoms with Crippen molar-refractivity contribution in [2.75, 3.05) is 18.6 Å². The normalized spacial score (nSPS) is 22.8. The van der Waals surface area contributed by atoms with Crippen LogP contribution in [0, 0.1) is 6.92 Å². The molecule has 6 heteroatoms. The molecule has 0 bridgehead atoms. The predicted octanol–water partition coefficient (Wildman–Crippen LogP) is 1.25. The standard InChI is InChI=1S/C15H22N2O3S/c1-11-6-4-7-13(10-11)14-16-12(2)15(18)17(14)8-5-9-21(3,19)20/h4,6-7,10,12,14,16H,5,8-9H2,1-3H3. The fraction of sp³-hybridized carbons (Fsp3) is 0.533. The molecule has 1 heterocycles. The zero-order valence-electron chi connectivity index (χ0n) is 12.7. The maximum absolute atomic E-state index is 12.2. The molecule has 1 fully saturated rings. The number of hydrogen-bond acceptors (Lipinski definition) is 4. The Morgan fingerprint density at radius 2 is 2.05 bits per heavy atom. The summed E-state index contributed by atoms with van der Waals surface area (Å²) in [6.45, 7) is 4.29. The first-order valence-corrected chi connectivity index (χ1v) is 9.15. The second-order valence-corrected chi connectivity index (χ2v) is 7.98. The molecule has 0 radical (unpaired) electrons. The zero-order valence-corrected chi connectivity index (χ0v) is 13.5. The highest BCUT2D eigenvalue weighted by atomic mass is 32.2. The molecule has 2 rings (SSSR count). The molecule has 5 nitrogen and oxygen atoms in total. The Kier molecular flexibility index (Phi) is 4.68. The van der Waals surface area contributed by atoms with Gasteiger partial charge in [-0.3, -0.25) is 10.1 Å². The van der Waals surface area contributed by atoms with Crippen LogP contribution in [-0.4, -0.2) is 43.8 Å². The van der Waals surface area contributed by atoms with Gasteiger partial charge in [-0.05, 0) is 25.8 Å². The van der Waals surface area contributed by atoms with Crippen molar-refractivity contribution in [3.05, 3.63) is 35.4 Å². The van der Waals surface area contributed by atoms with Gasteiger partial charge in [-0.15, -0.1) is 0 Å². The minimum absolute atomic E-state index is 0.0232. The monoisotopic (exact) mass is 310 g/mol. The van der Waals surface area contributed by atoms with E-state index in [0.29, 0.717) is 13.0 Å². The summed E-state index contributed by atoms with van der Waals surface area (Å²) in [5, 5.41) is 3.27. The summed E-state index contributed by atoms with van der Waals surface area (Å²) < 4.78 is 22.5. The number of sulfone groups is 1. The highest BCUT2D eigenvalue weighted by Crippen LogP contribution is 2.26. The van der Waals surface area contributed by atoms with Crippen molar-refractivity contribution < 1.29 is 13.2 Å². The van der Waals surface area contributed by atoms with Gasteiger partial charge < -0.3 is 4.90 Å². The SMILES string of the molecule is Cc1cccc(C2NC(C)C(=O)N2CCCS(C)(=O)=O)c1. The van der Waals surface area contributed by atoms with Crippen LogP contribution in [0.15, 0.2) is 24.3 Å². The van der Waals surface area contributed by atoms with Crippen molar-refractivity contribution in [2.24, 2.45) is 0 Å². The first-order valence-electron chi connectivity index (χ1n) is 7.09. The number of nitrogens with one attached hydrogen (secondary N) is 1. The molecule has 21 heavy (non-hydrogen) atoms. The Labute approximate surface area is 126 Å². The topological polar surface area (TPSA) is 66.5 Å². The zero-order chi connectivity index (χ0) is 15.6. The summed E-state index contributed by atoms with van der Waals surface area (Å²) >= 11 is 0. The van der Waals surface area contributed by atoms with E-state index < -0.39 is 9.84 Å². The van der Waals surface area contributed by atoms with Crippen LogP contribution in [0.4, 0.5) is 0 Å².